The number of unbranched alkanes of at least 4 members (excludes halogenated alkanes) is 25. The zero-order chi connectivity index (χ0) is 48.6. The molecule has 0 spiro atoms. The molecular weight excluding hydrogens is 829 g/mol. The van der Waals surface area contributed by atoms with Crippen molar-refractivity contribution >= 4 is 17.9 Å². The number of hydrogen-bond donors (Lipinski definition) is 0. The Morgan fingerprint density at radius 1 is 0.313 bits per heavy atom. The number of carbonyl (C=O) groups excluding carboxylic acids is 3. The SMILES string of the molecule is CC/C=C\C/C=C\C/C=C\C/C=C\C/C=C\CCCCCCCCCC(=O)OCC(COC(=O)CCCCCCC/C=C\CCCCC)OC(=O)CCCCCCC/C=C\CCCCCCC. The number of ether oxygens (including phenoxy) is 3. The summed E-state index contributed by atoms with van der Waals surface area (Å²) >= 11 is 0. The summed E-state index contributed by atoms with van der Waals surface area (Å²) in [4.78, 5) is 38.1. The summed E-state index contributed by atoms with van der Waals surface area (Å²) in [5.41, 5.74) is 0. The first kappa shape index (κ1) is 63.6. The lowest BCUT2D eigenvalue weighted by molar-refractivity contribution is -0.167. The quantitative estimate of drug-likeness (QED) is 0.0262. The highest BCUT2D eigenvalue weighted by Gasteiger charge is 2.19. The average molecular weight is 933 g/mol. The monoisotopic (exact) mass is 933 g/mol. The van der Waals surface area contributed by atoms with Crippen LogP contribution in [0.3, 0.4) is 0 Å². The average Bonchev–Trinajstić information content (AvgIpc) is 3.33. The molecule has 0 bridgehead atoms. The predicted molar refractivity (Wildman–Crippen MR) is 288 cm³/mol. The van der Waals surface area contributed by atoms with E-state index in [0.29, 0.717) is 19.3 Å². The lowest BCUT2D eigenvalue weighted by atomic mass is 10.1. The fraction of sp³-hybridized carbons (Fsp3) is 0.721. The van der Waals surface area contributed by atoms with Gasteiger partial charge < -0.3 is 14.2 Å². The Hall–Kier alpha value is -3.41. The minimum Gasteiger partial charge on any atom is -0.462 e. The molecule has 0 aromatic carbocycles. The molecule has 0 aromatic heterocycles. The van der Waals surface area contributed by atoms with Crippen LogP contribution < -0.4 is 0 Å². The van der Waals surface area contributed by atoms with Crippen molar-refractivity contribution in [2.75, 3.05) is 13.2 Å². The molecule has 0 aromatic rings. The highest BCUT2D eigenvalue weighted by atomic mass is 16.6. The van der Waals surface area contributed by atoms with Gasteiger partial charge in [-0.15, -0.1) is 0 Å². The molecule has 0 radical (unpaired) electrons. The van der Waals surface area contributed by atoms with Crippen LogP contribution in [0.2, 0.25) is 0 Å². The zero-order valence-electron chi connectivity index (χ0n) is 43.9. The standard InChI is InChI=1S/C61H104O6/c1-4-7-10-13-16-19-22-25-27-28-29-30-31-32-33-34-35-37-39-42-45-48-51-54-60(63)66-57-58(56-65-59(62)53-50-47-44-41-38-24-21-18-15-12-9-6-3)67-61(64)55-52-49-46-43-40-36-26-23-20-17-14-11-8-5-2/h7,10,16,18-19,21,23,25-27,29-30,32-33,58H,4-6,8-9,11-15,17,20,22,24,28,31,34-57H2,1-3H3/b10-7-,19-16-,21-18-,26-23-,27-25-,30-29-,33-32-. The van der Waals surface area contributed by atoms with E-state index in [9.17, 15) is 14.4 Å². The van der Waals surface area contributed by atoms with Crippen molar-refractivity contribution in [3.8, 4) is 0 Å². The number of rotatable bonds is 50. The van der Waals surface area contributed by atoms with Gasteiger partial charge in [-0.1, -0.05) is 215 Å². The third kappa shape index (κ3) is 53.4. The number of esters is 3. The van der Waals surface area contributed by atoms with Gasteiger partial charge in [-0.2, -0.15) is 0 Å². The molecule has 0 rings (SSSR count). The van der Waals surface area contributed by atoms with E-state index >= 15 is 0 Å². The molecule has 0 aliphatic carbocycles. The van der Waals surface area contributed by atoms with E-state index in [-0.39, 0.29) is 31.1 Å². The second-order valence-corrected chi connectivity index (χ2v) is 18.5. The smallest absolute Gasteiger partial charge is 0.306 e. The largest absolute Gasteiger partial charge is 0.462 e. The van der Waals surface area contributed by atoms with Crippen LogP contribution in [0.5, 0.6) is 0 Å². The third-order valence-corrected chi connectivity index (χ3v) is 11.9. The molecule has 6 heteroatoms. The maximum Gasteiger partial charge on any atom is 0.306 e. The van der Waals surface area contributed by atoms with E-state index in [1.54, 1.807) is 0 Å². The van der Waals surface area contributed by atoms with E-state index in [1.807, 2.05) is 0 Å². The third-order valence-electron chi connectivity index (χ3n) is 11.9. The summed E-state index contributed by atoms with van der Waals surface area (Å²) < 4.78 is 16.8. The summed E-state index contributed by atoms with van der Waals surface area (Å²) in [6.45, 7) is 6.47. The second-order valence-electron chi connectivity index (χ2n) is 18.5. The molecule has 0 saturated carbocycles. The van der Waals surface area contributed by atoms with Gasteiger partial charge in [0, 0.05) is 19.3 Å². The molecule has 67 heavy (non-hydrogen) atoms. The van der Waals surface area contributed by atoms with Crippen LogP contribution in [-0.2, 0) is 28.6 Å². The molecule has 0 aliphatic heterocycles. The molecule has 384 valence electrons. The van der Waals surface area contributed by atoms with E-state index in [1.165, 1.54) is 109 Å². The van der Waals surface area contributed by atoms with Crippen LogP contribution >= 0.6 is 0 Å². The maximum atomic E-state index is 12.8. The van der Waals surface area contributed by atoms with Gasteiger partial charge in [-0.3, -0.25) is 14.4 Å². The Morgan fingerprint density at radius 2 is 0.582 bits per heavy atom. The van der Waals surface area contributed by atoms with Crippen LogP contribution in [-0.4, -0.2) is 37.2 Å². The lowest BCUT2D eigenvalue weighted by Gasteiger charge is -2.18. The molecule has 0 N–H and O–H groups in total. The Balaban J connectivity index is 4.36. The molecule has 1 atom stereocenters. The van der Waals surface area contributed by atoms with Crippen LogP contribution in [0, 0.1) is 0 Å². The maximum absolute atomic E-state index is 12.8. The van der Waals surface area contributed by atoms with Crippen molar-refractivity contribution in [3.63, 3.8) is 0 Å². The predicted octanol–water partition coefficient (Wildman–Crippen LogP) is 18.8. The lowest BCUT2D eigenvalue weighted by Crippen LogP contribution is -2.30. The zero-order valence-corrected chi connectivity index (χ0v) is 43.9. The number of hydrogen-bond acceptors (Lipinski definition) is 6. The Morgan fingerprint density at radius 3 is 0.955 bits per heavy atom. The van der Waals surface area contributed by atoms with Crippen molar-refractivity contribution in [3.05, 3.63) is 85.1 Å². The Kier molecular flexibility index (Phi) is 52.4. The summed E-state index contributed by atoms with van der Waals surface area (Å²) in [6, 6.07) is 0. The summed E-state index contributed by atoms with van der Waals surface area (Å²) in [6.07, 6.45) is 71.4. The van der Waals surface area contributed by atoms with Gasteiger partial charge in [-0.25, -0.2) is 0 Å². The van der Waals surface area contributed by atoms with Crippen molar-refractivity contribution in [2.24, 2.45) is 0 Å². The van der Waals surface area contributed by atoms with Crippen LogP contribution in [0.4, 0.5) is 0 Å². The summed E-state index contributed by atoms with van der Waals surface area (Å²) in [5.74, 6) is -0.913. The first-order valence-corrected chi connectivity index (χ1v) is 28.1. The van der Waals surface area contributed by atoms with Crippen LogP contribution in [0.15, 0.2) is 85.1 Å². The Bertz CT molecular complexity index is 1300. The summed E-state index contributed by atoms with van der Waals surface area (Å²) in [7, 11) is 0. The van der Waals surface area contributed by atoms with Gasteiger partial charge in [0.1, 0.15) is 13.2 Å². The van der Waals surface area contributed by atoms with Gasteiger partial charge in [0.25, 0.3) is 0 Å². The minimum atomic E-state index is -0.788. The van der Waals surface area contributed by atoms with Crippen molar-refractivity contribution in [1.82, 2.24) is 0 Å². The van der Waals surface area contributed by atoms with Gasteiger partial charge in [0.05, 0.1) is 0 Å². The van der Waals surface area contributed by atoms with E-state index in [0.717, 1.165) is 116 Å². The Labute approximate surface area is 414 Å². The van der Waals surface area contributed by atoms with E-state index in [4.69, 9.17) is 14.2 Å². The van der Waals surface area contributed by atoms with E-state index < -0.39 is 6.10 Å². The second kappa shape index (κ2) is 55.2. The highest BCUT2D eigenvalue weighted by Crippen LogP contribution is 2.14. The van der Waals surface area contributed by atoms with Crippen molar-refractivity contribution in [1.29, 1.82) is 0 Å². The van der Waals surface area contributed by atoms with Crippen molar-refractivity contribution < 1.29 is 28.6 Å². The molecule has 0 fully saturated rings. The molecule has 0 saturated heterocycles. The van der Waals surface area contributed by atoms with Gasteiger partial charge in [0.15, 0.2) is 6.10 Å². The minimum absolute atomic E-state index is 0.0875. The fourth-order valence-electron chi connectivity index (χ4n) is 7.63. The molecule has 0 amide bonds. The molecule has 6 nitrogen and oxygen atoms in total. The molecule has 0 aliphatic rings. The topological polar surface area (TPSA) is 78.9 Å². The number of carbonyl (C=O) groups is 3. The first-order valence-electron chi connectivity index (χ1n) is 28.1. The van der Waals surface area contributed by atoms with Gasteiger partial charge in [-0.05, 0) is 116 Å². The van der Waals surface area contributed by atoms with Crippen LogP contribution in [0.1, 0.15) is 265 Å². The number of allylic oxidation sites excluding steroid dienone is 14. The van der Waals surface area contributed by atoms with E-state index in [2.05, 4.69) is 106 Å². The molecule has 0 heterocycles. The first-order chi connectivity index (χ1) is 33.0. The van der Waals surface area contributed by atoms with Crippen molar-refractivity contribution in [2.45, 2.75) is 271 Å². The fourth-order valence-corrected chi connectivity index (χ4v) is 7.63. The normalized spacial score (nSPS) is 12.7. The van der Waals surface area contributed by atoms with Gasteiger partial charge >= 0.3 is 17.9 Å². The van der Waals surface area contributed by atoms with Gasteiger partial charge in [0.2, 0.25) is 0 Å². The highest BCUT2D eigenvalue weighted by molar-refractivity contribution is 5.71. The molecular formula is C61H104O6. The van der Waals surface area contributed by atoms with Crippen LogP contribution in [0.25, 0.3) is 0 Å². The molecule has 1 unspecified atom stereocenters. The summed E-state index contributed by atoms with van der Waals surface area (Å²) in [5, 5.41) is 0.